The molecule has 0 radical (unpaired) electrons. The van der Waals surface area contributed by atoms with Crippen LogP contribution < -0.4 is 10.0 Å². The van der Waals surface area contributed by atoms with Gasteiger partial charge in [0.05, 0.1) is 10.6 Å². The SMILES string of the molecule is Cc1ccnn1-c1ccc(C(=O)Nc2cccc(S(=O)(=O)NC3=NCCC3)c2)cc1. The number of carbonyl (C=O) groups is 1. The molecule has 1 aliphatic heterocycles. The molecule has 0 saturated heterocycles. The number of hydrogen-bond acceptors (Lipinski definition) is 5. The maximum atomic E-state index is 12.6. The third-order valence-electron chi connectivity index (χ3n) is 4.73. The van der Waals surface area contributed by atoms with E-state index >= 15 is 0 Å². The van der Waals surface area contributed by atoms with Gasteiger partial charge < -0.3 is 5.32 Å². The van der Waals surface area contributed by atoms with E-state index in [1.165, 1.54) is 12.1 Å². The van der Waals surface area contributed by atoms with Gasteiger partial charge in [0.1, 0.15) is 5.84 Å². The lowest BCUT2D eigenvalue weighted by atomic mass is 10.2. The van der Waals surface area contributed by atoms with Crippen molar-refractivity contribution in [3.63, 3.8) is 0 Å². The second-order valence-corrected chi connectivity index (χ2v) is 8.63. The highest BCUT2D eigenvalue weighted by atomic mass is 32.2. The number of rotatable bonds is 5. The third-order valence-corrected chi connectivity index (χ3v) is 6.11. The number of aromatic nitrogens is 2. The van der Waals surface area contributed by atoms with Gasteiger partial charge in [-0.3, -0.25) is 14.5 Å². The Bertz CT molecular complexity index is 1210. The van der Waals surface area contributed by atoms with Crippen LogP contribution in [0, 0.1) is 6.92 Å². The summed E-state index contributed by atoms with van der Waals surface area (Å²) >= 11 is 0. The molecule has 0 saturated carbocycles. The molecule has 1 aromatic heterocycles. The Kier molecular flexibility index (Phi) is 5.37. The molecule has 30 heavy (non-hydrogen) atoms. The quantitative estimate of drug-likeness (QED) is 0.658. The average Bonchev–Trinajstić information content (AvgIpc) is 3.39. The maximum Gasteiger partial charge on any atom is 0.262 e. The molecule has 0 unspecified atom stereocenters. The smallest absolute Gasteiger partial charge is 0.262 e. The Morgan fingerprint density at radius 2 is 1.90 bits per heavy atom. The Labute approximate surface area is 174 Å². The van der Waals surface area contributed by atoms with Crippen molar-refractivity contribution in [3.05, 3.63) is 72.1 Å². The summed E-state index contributed by atoms with van der Waals surface area (Å²) in [5, 5.41) is 6.99. The van der Waals surface area contributed by atoms with E-state index in [9.17, 15) is 13.2 Å². The van der Waals surface area contributed by atoms with E-state index in [0.29, 0.717) is 30.1 Å². The molecule has 2 aromatic carbocycles. The lowest BCUT2D eigenvalue weighted by molar-refractivity contribution is 0.102. The van der Waals surface area contributed by atoms with Crippen molar-refractivity contribution in [1.82, 2.24) is 14.5 Å². The van der Waals surface area contributed by atoms with Crippen molar-refractivity contribution < 1.29 is 13.2 Å². The number of anilines is 1. The van der Waals surface area contributed by atoms with Crippen LogP contribution in [0.4, 0.5) is 5.69 Å². The molecule has 8 nitrogen and oxygen atoms in total. The van der Waals surface area contributed by atoms with Crippen molar-refractivity contribution in [3.8, 4) is 5.69 Å². The monoisotopic (exact) mass is 423 g/mol. The van der Waals surface area contributed by atoms with Crippen LogP contribution in [0.2, 0.25) is 0 Å². The van der Waals surface area contributed by atoms with Gasteiger partial charge in [-0.2, -0.15) is 5.10 Å². The summed E-state index contributed by atoms with van der Waals surface area (Å²) in [6.45, 7) is 2.58. The van der Waals surface area contributed by atoms with Crippen molar-refractivity contribution in [2.75, 3.05) is 11.9 Å². The van der Waals surface area contributed by atoms with Crippen molar-refractivity contribution in [2.24, 2.45) is 4.99 Å². The Balaban J connectivity index is 1.48. The van der Waals surface area contributed by atoms with Crippen LogP contribution in [0.25, 0.3) is 5.69 Å². The number of benzene rings is 2. The fourth-order valence-electron chi connectivity index (χ4n) is 3.18. The van der Waals surface area contributed by atoms with Crippen molar-refractivity contribution >= 4 is 27.5 Å². The maximum absolute atomic E-state index is 12.6. The molecule has 154 valence electrons. The van der Waals surface area contributed by atoms with E-state index in [4.69, 9.17) is 0 Å². The molecule has 1 amide bonds. The highest BCUT2D eigenvalue weighted by Gasteiger charge is 2.19. The topological polar surface area (TPSA) is 105 Å². The van der Waals surface area contributed by atoms with Gasteiger partial charge in [0, 0.05) is 36.1 Å². The molecule has 9 heteroatoms. The van der Waals surface area contributed by atoms with Gasteiger partial charge in [-0.05, 0) is 61.9 Å². The van der Waals surface area contributed by atoms with Crippen LogP contribution in [0.5, 0.6) is 0 Å². The summed E-state index contributed by atoms with van der Waals surface area (Å²) in [7, 11) is -3.74. The summed E-state index contributed by atoms with van der Waals surface area (Å²) in [6, 6.07) is 15.1. The zero-order chi connectivity index (χ0) is 21.1. The molecule has 4 rings (SSSR count). The molecular formula is C21H21N5O3S. The fraction of sp³-hybridized carbons (Fsp3) is 0.190. The van der Waals surface area contributed by atoms with Crippen LogP contribution >= 0.6 is 0 Å². The number of aryl methyl sites for hydroxylation is 1. The number of sulfonamides is 1. The van der Waals surface area contributed by atoms with E-state index in [-0.39, 0.29) is 10.8 Å². The lowest BCUT2D eigenvalue weighted by Gasteiger charge is -2.10. The van der Waals surface area contributed by atoms with Crippen molar-refractivity contribution in [2.45, 2.75) is 24.7 Å². The van der Waals surface area contributed by atoms with Gasteiger partial charge in [-0.1, -0.05) is 6.07 Å². The highest BCUT2D eigenvalue weighted by molar-refractivity contribution is 7.90. The molecule has 0 atom stereocenters. The second kappa shape index (κ2) is 8.11. The third kappa shape index (κ3) is 4.25. The van der Waals surface area contributed by atoms with E-state index in [1.807, 2.05) is 25.1 Å². The lowest BCUT2D eigenvalue weighted by Crippen LogP contribution is -2.29. The predicted molar refractivity (Wildman–Crippen MR) is 115 cm³/mol. The molecule has 0 aliphatic carbocycles. The first-order valence-corrected chi connectivity index (χ1v) is 11.0. The molecule has 2 N–H and O–H groups in total. The Hall–Kier alpha value is -3.46. The standard InChI is InChI=1S/C21H21N5O3S/c1-15-11-13-23-26(15)18-9-7-16(8-10-18)21(27)24-17-4-2-5-19(14-17)30(28,29)25-20-6-3-12-22-20/h2,4-5,7-11,13-14H,3,6,12H2,1H3,(H,22,25)(H,24,27). The molecule has 2 heterocycles. The predicted octanol–water partition coefficient (Wildman–Crippen LogP) is 2.90. The van der Waals surface area contributed by atoms with Gasteiger partial charge in [-0.15, -0.1) is 0 Å². The number of amidine groups is 1. The summed E-state index contributed by atoms with van der Waals surface area (Å²) in [5.41, 5.74) is 2.68. The molecule has 1 aliphatic rings. The number of hydrogen-bond donors (Lipinski definition) is 2. The van der Waals surface area contributed by atoms with E-state index < -0.39 is 10.0 Å². The van der Waals surface area contributed by atoms with E-state index in [2.05, 4.69) is 20.1 Å². The number of aliphatic imine (C=N–C) groups is 1. The van der Waals surface area contributed by atoms with E-state index in [0.717, 1.165) is 17.8 Å². The van der Waals surface area contributed by atoms with Crippen LogP contribution in [0.15, 0.2) is 70.7 Å². The van der Waals surface area contributed by atoms with Gasteiger partial charge in [-0.25, -0.2) is 13.1 Å². The number of nitrogens with zero attached hydrogens (tertiary/aromatic N) is 3. The number of nitrogens with one attached hydrogen (secondary N) is 2. The minimum absolute atomic E-state index is 0.0689. The van der Waals surface area contributed by atoms with E-state index in [1.54, 1.807) is 35.1 Å². The summed E-state index contributed by atoms with van der Waals surface area (Å²) in [5.74, 6) is 0.137. The fourth-order valence-corrected chi connectivity index (χ4v) is 4.31. The first-order valence-electron chi connectivity index (χ1n) is 9.51. The van der Waals surface area contributed by atoms with Gasteiger partial charge >= 0.3 is 0 Å². The molecular weight excluding hydrogens is 402 g/mol. The summed E-state index contributed by atoms with van der Waals surface area (Å²) in [6.07, 6.45) is 3.17. The zero-order valence-electron chi connectivity index (χ0n) is 16.4. The minimum Gasteiger partial charge on any atom is -0.322 e. The molecule has 0 bridgehead atoms. The van der Waals surface area contributed by atoms with Crippen LogP contribution in [0.1, 0.15) is 28.9 Å². The normalized spacial score (nSPS) is 13.7. The number of carbonyl (C=O) groups excluding carboxylic acids is 1. The first-order chi connectivity index (χ1) is 14.4. The zero-order valence-corrected chi connectivity index (χ0v) is 17.2. The van der Waals surface area contributed by atoms with Crippen LogP contribution in [-0.4, -0.2) is 36.5 Å². The highest BCUT2D eigenvalue weighted by Crippen LogP contribution is 2.18. The van der Waals surface area contributed by atoms with Crippen LogP contribution in [-0.2, 0) is 10.0 Å². The Morgan fingerprint density at radius 3 is 2.57 bits per heavy atom. The van der Waals surface area contributed by atoms with Crippen LogP contribution in [0.3, 0.4) is 0 Å². The number of amides is 1. The first kappa shape index (κ1) is 19.8. The van der Waals surface area contributed by atoms with Gasteiger partial charge in [0.15, 0.2) is 0 Å². The minimum atomic E-state index is -3.74. The molecule has 0 spiro atoms. The molecule has 3 aromatic rings. The Morgan fingerprint density at radius 1 is 1.10 bits per heavy atom. The van der Waals surface area contributed by atoms with Crippen molar-refractivity contribution in [1.29, 1.82) is 0 Å². The second-order valence-electron chi connectivity index (χ2n) is 6.95. The van der Waals surface area contributed by atoms with Gasteiger partial charge in [0.2, 0.25) is 0 Å². The molecule has 0 fully saturated rings. The summed E-state index contributed by atoms with van der Waals surface area (Å²) < 4.78 is 29.4. The van der Waals surface area contributed by atoms with Gasteiger partial charge in [0.25, 0.3) is 15.9 Å². The largest absolute Gasteiger partial charge is 0.322 e. The summed E-state index contributed by atoms with van der Waals surface area (Å²) in [4.78, 5) is 16.8. The average molecular weight is 423 g/mol.